The van der Waals surface area contributed by atoms with Crippen LogP contribution in [0.2, 0.25) is 10.0 Å². The maximum absolute atomic E-state index is 13.1. The second-order valence-corrected chi connectivity index (χ2v) is 14.6. The number of fused-ring (bicyclic) bond motifs is 1. The van der Waals surface area contributed by atoms with Crippen LogP contribution in [0.25, 0.3) is 11.3 Å². The number of hydrogen-bond acceptors (Lipinski definition) is 7. The van der Waals surface area contributed by atoms with Gasteiger partial charge < -0.3 is 10.2 Å². The molecule has 3 heterocycles. The van der Waals surface area contributed by atoms with Crippen LogP contribution in [-0.4, -0.2) is 78.8 Å². The lowest BCUT2D eigenvalue weighted by Gasteiger charge is -2.36. The number of anilines is 2. The van der Waals surface area contributed by atoms with Crippen molar-refractivity contribution in [3.63, 3.8) is 0 Å². The molecule has 0 bridgehead atoms. The van der Waals surface area contributed by atoms with Crippen LogP contribution in [0.1, 0.15) is 33.6 Å². The number of carbonyl (C=O) groups is 1. The molecule has 1 aromatic heterocycles. The molecule has 0 radical (unpaired) electrons. The zero-order valence-electron chi connectivity index (χ0n) is 26.0. The van der Waals surface area contributed by atoms with E-state index in [1.807, 2.05) is 35.0 Å². The molecule has 2 aliphatic heterocycles. The number of nitriles is 1. The first-order valence-corrected chi connectivity index (χ1v) is 18.1. The SMILES string of the molecule is CS(=O)(=O)N1CCc2c(c(-c3ccc(Cl)c(NC(=O)c4ccccc4C#N)c3)nn2CCCN2CCN(c3cccc(Cl)c3)CC2)C1. The second-order valence-electron chi connectivity index (χ2n) is 11.8. The molecule has 6 rings (SSSR count). The first-order chi connectivity index (χ1) is 22.6. The van der Waals surface area contributed by atoms with Crippen molar-refractivity contribution in [2.45, 2.75) is 25.9 Å². The average molecular weight is 693 g/mol. The quantitative estimate of drug-likeness (QED) is 0.246. The highest BCUT2D eigenvalue weighted by Crippen LogP contribution is 2.35. The number of amides is 1. The predicted molar refractivity (Wildman–Crippen MR) is 185 cm³/mol. The number of nitrogens with zero attached hydrogens (tertiary/aromatic N) is 6. The number of carbonyl (C=O) groups excluding carboxylic acids is 1. The molecule has 1 fully saturated rings. The summed E-state index contributed by atoms with van der Waals surface area (Å²) in [5.74, 6) is -0.453. The molecular weight excluding hydrogens is 657 g/mol. The summed E-state index contributed by atoms with van der Waals surface area (Å²) in [6.45, 7) is 5.99. The summed E-state index contributed by atoms with van der Waals surface area (Å²) in [6.07, 6.45) is 2.67. The molecule has 0 saturated carbocycles. The molecule has 4 aromatic rings. The number of halogens is 2. The number of nitrogens with one attached hydrogen (secondary N) is 1. The normalized spacial score (nSPS) is 15.7. The highest BCUT2D eigenvalue weighted by atomic mass is 35.5. The lowest BCUT2D eigenvalue weighted by Crippen LogP contribution is -2.46. The molecule has 0 atom stereocenters. The number of benzene rings is 3. The van der Waals surface area contributed by atoms with Gasteiger partial charge in [0.05, 0.1) is 39.9 Å². The molecule has 0 aliphatic carbocycles. The Balaban J connectivity index is 1.20. The van der Waals surface area contributed by atoms with Gasteiger partial charge in [-0.15, -0.1) is 0 Å². The Morgan fingerprint density at radius 3 is 2.51 bits per heavy atom. The van der Waals surface area contributed by atoms with Crippen LogP contribution in [0, 0.1) is 11.3 Å². The Morgan fingerprint density at radius 2 is 1.77 bits per heavy atom. The van der Waals surface area contributed by atoms with E-state index in [0.29, 0.717) is 41.5 Å². The fourth-order valence-corrected chi connectivity index (χ4v) is 7.39. The molecule has 2 aliphatic rings. The van der Waals surface area contributed by atoms with E-state index in [9.17, 15) is 18.5 Å². The van der Waals surface area contributed by atoms with Crippen molar-refractivity contribution >= 4 is 50.5 Å². The van der Waals surface area contributed by atoms with Crippen molar-refractivity contribution in [1.82, 2.24) is 19.0 Å². The van der Waals surface area contributed by atoms with Crippen molar-refractivity contribution in [2.24, 2.45) is 0 Å². The van der Waals surface area contributed by atoms with Crippen molar-refractivity contribution < 1.29 is 13.2 Å². The van der Waals surface area contributed by atoms with Crippen molar-refractivity contribution in [1.29, 1.82) is 5.26 Å². The predicted octanol–water partition coefficient (Wildman–Crippen LogP) is 5.51. The van der Waals surface area contributed by atoms with Crippen LogP contribution in [-0.2, 0) is 29.5 Å². The van der Waals surface area contributed by atoms with Gasteiger partial charge in [0.1, 0.15) is 0 Å². The van der Waals surface area contributed by atoms with E-state index in [-0.39, 0.29) is 17.7 Å². The minimum Gasteiger partial charge on any atom is -0.369 e. The van der Waals surface area contributed by atoms with E-state index < -0.39 is 15.9 Å². The summed E-state index contributed by atoms with van der Waals surface area (Å²) >= 11 is 12.7. The fraction of sp³-hybridized carbons (Fsp3) is 0.324. The van der Waals surface area contributed by atoms with Gasteiger partial charge in [0.25, 0.3) is 5.91 Å². The monoisotopic (exact) mass is 691 g/mol. The van der Waals surface area contributed by atoms with Crippen LogP contribution < -0.4 is 10.2 Å². The maximum atomic E-state index is 13.1. The van der Waals surface area contributed by atoms with Crippen molar-refractivity contribution in [3.8, 4) is 17.3 Å². The van der Waals surface area contributed by atoms with E-state index in [1.54, 1.807) is 36.4 Å². The van der Waals surface area contributed by atoms with Gasteiger partial charge in [-0.2, -0.15) is 14.7 Å². The Morgan fingerprint density at radius 1 is 0.979 bits per heavy atom. The molecule has 1 amide bonds. The van der Waals surface area contributed by atoms with E-state index in [0.717, 1.165) is 61.1 Å². The van der Waals surface area contributed by atoms with Gasteiger partial charge in [-0.05, 0) is 48.9 Å². The lowest BCUT2D eigenvalue weighted by molar-refractivity contribution is 0.102. The number of piperazine rings is 1. The average Bonchev–Trinajstić information content (AvgIpc) is 3.43. The summed E-state index contributed by atoms with van der Waals surface area (Å²) in [5.41, 5.74) is 5.27. The summed E-state index contributed by atoms with van der Waals surface area (Å²) in [5, 5.41) is 18.4. The molecule has 47 heavy (non-hydrogen) atoms. The number of sulfonamides is 1. The van der Waals surface area contributed by atoms with Gasteiger partial charge in [-0.1, -0.05) is 47.5 Å². The largest absolute Gasteiger partial charge is 0.369 e. The third-order valence-corrected chi connectivity index (χ3v) is 10.6. The standard InChI is InChI=1S/C34H35Cl2N7O3S/c1-47(45,46)42-15-12-32-29(23-42)33(24-10-11-30(36)31(20-24)38-34(44)28-9-3-2-6-25(28)22-37)39-43(32)14-5-13-40-16-18-41(19-17-40)27-8-4-7-26(35)21-27/h2-4,6-11,20-21H,5,12-19,23H2,1H3,(H,38,44). The van der Waals surface area contributed by atoms with Crippen molar-refractivity contribution in [3.05, 3.63) is 99.2 Å². The van der Waals surface area contributed by atoms with E-state index in [1.165, 1.54) is 10.6 Å². The fourth-order valence-electron chi connectivity index (χ4n) is 6.25. The van der Waals surface area contributed by atoms with Gasteiger partial charge in [0.2, 0.25) is 10.0 Å². The summed E-state index contributed by atoms with van der Waals surface area (Å²) in [4.78, 5) is 17.9. The zero-order valence-corrected chi connectivity index (χ0v) is 28.3. The van der Waals surface area contributed by atoms with Crippen LogP contribution >= 0.6 is 23.2 Å². The highest BCUT2D eigenvalue weighted by molar-refractivity contribution is 7.88. The third kappa shape index (κ3) is 7.48. The summed E-state index contributed by atoms with van der Waals surface area (Å²) in [7, 11) is -3.41. The van der Waals surface area contributed by atoms with Crippen LogP contribution in [0.4, 0.5) is 11.4 Å². The zero-order chi connectivity index (χ0) is 33.1. The molecular formula is C34H35Cl2N7O3S. The number of aryl methyl sites for hydroxylation is 1. The Labute approximate surface area is 285 Å². The van der Waals surface area contributed by atoms with Gasteiger partial charge in [0, 0.05) is 86.3 Å². The molecule has 3 aromatic carbocycles. The minimum absolute atomic E-state index is 0.217. The topological polar surface area (TPSA) is 115 Å². The van der Waals surface area contributed by atoms with Crippen LogP contribution in [0.5, 0.6) is 0 Å². The number of hydrogen-bond donors (Lipinski definition) is 1. The van der Waals surface area contributed by atoms with Crippen LogP contribution in [0.15, 0.2) is 66.7 Å². The number of aromatic nitrogens is 2. The van der Waals surface area contributed by atoms with Gasteiger partial charge >= 0.3 is 0 Å². The molecule has 244 valence electrons. The van der Waals surface area contributed by atoms with E-state index in [4.69, 9.17) is 28.3 Å². The van der Waals surface area contributed by atoms with Gasteiger partial charge in [0.15, 0.2) is 0 Å². The van der Waals surface area contributed by atoms with Crippen molar-refractivity contribution in [2.75, 3.05) is 55.7 Å². The Kier molecular flexibility index (Phi) is 9.87. The molecule has 10 nitrogen and oxygen atoms in total. The minimum atomic E-state index is -3.41. The van der Waals surface area contributed by atoms with E-state index >= 15 is 0 Å². The molecule has 0 unspecified atom stereocenters. The Hall–Kier alpha value is -3.92. The molecule has 1 saturated heterocycles. The Bertz CT molecular complexity index is 1950. The molecule has 1 N–H and O–H groups in total. The lowest BCUT2D eigenvalue weighted by atomic mass is 10.0. The van der Waals surface area contributed by atoms with E-state index in [2.05, 4.69) is 21.2 Å². The summed E-state index contributed by atoms with van der Waals surface area (Å²) < 4.78 is 28.6. The first-order valence-electron chi connectivity index (χ1n) is 15.5. The smallest absolute Gasteiger partial charge is 0.257 e. The second kappa shape index (κ2) is 14.1. The van der Waals surface area contributed by atoms with Gasteiger partial charge in [-0.25, -0.2) is 8.42 Å². The van der Waals surface area contributed by atoms with Gasteiger partial charge in [-0.3, -0.25) is 14.4 Å². The number of rotatable bonds is 9. The first kappa shape index (κ1) is 33.0. The molecule has 0 spiro atoms. The van der Waals surface area contributed by atoms with Crippen LogP contribution in [0.3, 0.4) is 0 Å². The maximum Gasteiger partial charge on any atom is 0.257 e. The highest BCUT2D eigenvalue weighted by Gasteiger charge is 2.30. The molecule has 13 heteroatoms. The summed E-state index contributed by atoms with van der Waals surface area (Å²) in [6, 6.07) is 21.8. The third-order valence-electron chi connectivity index (χ3n) is 8.74.